The second kappa shape index (κ2) is 10.8. The van der Waals surface area contributed by atoms with Crippen molar-refractivity contribution in [2.24, 2.45) is 0 Å². The first-order valence-corrected chi connectivity index (χ1v) is 12.4. The number of likely N-dealkylation sites (N-methyl/N-ethyl adjacent to an activating group) is 1. The SMILES string of the molecule is CNC(=O)[C@@H](C)N(Cc1ccc(Cl)c(Cl)c1)C(=O)CN(c1cccc(C(F)(F)F)c1)S(C)(=O)=O. The number of hydrogen-bond donors (Lipinski definition) is 1. The third-order valence-corrected chi connectivity index (χ3v) is 6.77. The van der Waals surface area contributed by atoms with Gasteiger partial charge in [-0.1, -0.05) is 35.3 Å². The first-order valence-electron chi connectivity index (χ1n) is 9.75. The van der Waals surface area contributed by atoms with E-state index >= 15 is 0 Å². The highest BCUT2D eigenvalue weighted by Gasteiger charge is 2.33. The molecule has 1 N–H and O–H groups in total. The maximum absolute atomic E-state index is 13.2. The number of benzene rings is 2. The van der Waals surface area contributed by atoms with Crippen LogP contribution in [-0.4, -0.2) is 51.0 Å². The summed E-state index contributed by atoms with van der Waals surface area (Å²) in [5, 5.41) is 2.89. The number of amides is 2. The largest absolute Gasteiger partial charge is 0.416 e. The maximum Gasteiger partial charge on any atom is 0.416 e. The average molecular weight is 540 g/mol. The monoisotopic (exact) mass is 539 g/mol. The summed E-state index contributed by atoms with van der Waals surface area (Å²) >= 11 is 11.9. The normalized spacial score (nSPS) is 12.7. The van der Waals surface area contributed by atoms with Crippen LogP contribution in [0.5, 0.6) is 0 Å². The molecule has 7 nitrogen and oxygen atoms in total. The standard InChI is InChI=1S/C21H22Cl2F3N3O4S/c1-13(20(31)27-2)28(11-14-7-8-17(22)18(23)9-14)19(30)12-29(34(3,32)33)16-6-4-5-15(10-16)21(24,25)26/h4-10,13H,11-12H2,1-3H3,(H,27,31)/t13-/m1/s1. The number of carbonyl (C=O) groups is 2. The number of nitrogens with one attached hydrogen (secondary N) is 1. The van der Waals surface area contributed by atoms with Crippen molar-refractivity contribution >= 4 is 50.7 Å². The molecule has 0 fully saturated rings. The van der Waals surface area contributed by atoms with Crippen LogP contribution in [0.15, 0.2) is 42.5 Å². The van der Waals surface area contributed by atoms with Crippen LogP contribution < -0.4 is 9.62 Å². The lowest BCUT2D eigenvalue weighted by atomic mass is 10.1. The first-order chi connectivity index (χ1) is 15.6. The zero-order valence-corrected chi connectivity index (χ0v) is 20.7. The molecule has 2 rings (SSSR count). The second-order valence-electron chi connectivity index (χ2n) is 7.38. The lowest BCUT2D eigenvalue weighted by molar-refractivity contribution is -0.139. The second-order valence-corrected chi connectivity index (χ2v) is 10.1. The molecular formula is C21H22Cl2F3N3O4S. The number of halogens is 5. The first kappa shape index (κ1) is 27.7. The Morgan fingerprint density at radius 1 is 1.09 bits per heavy atom. The number of sulfonamides is 1. The fraction of sp³-hybridized carbons (Fsp3) is 0.333. The Balaban J connectivity index is 2.45. The summed E-state index contributed by atoms with van der Waals surface area (Å²) in [6.07, 6.45) is -3.94. The summed E-state index contributed by atoms with van der Waals surface area (Å²) in [6.45, 7) is 0.469. The van der Waals surface area contributed by atoms with Crippen LogP contribution in [-0.2, 0) is 32.3 Å². The third-order valence-electron chi connectivity index (χ3n) is 4.89. The Hall–Kier alpha value is -2.50. The van der Waals surface area contributed by atoms with Gasteiger partial charge in [-0.25, -0.2) is 8.42 Å². The minimum atomic E-state index is -4.71. The molecule has 0 radical (unpaired) electrons. The summed E-state index contributed by atoms with van der Waals surface area (Å²) in [4.78, 5) is 26.6. The minimum Gasteiger partial charge on any atom is -0.357 e. The molecule has 0 aliphatic heterocycles. The molecule has 0 aliphatic carbocycles. The Bertz CT molecular complexity index is 1180. The predicted molar refractivity (Wildman–Crippen MR) is 124 cm³/mol. The zero-order chi connectivity index (χ0) is 25.8. The molecular weight excluding hydrogens is 518 g/mol. The van der Waals surface area contributed by atoms with E-state index in [-0.39, 0.29) is 22.3 Å². The molecule has 0 saturated heterocycles. The van der Waals surface area contributed by atoms with Crippen LogP contribution in [0.2, 0.25) is 10.0 Å². The molecule has 0 aliphatic rings. The topological polar surface area (TPSA) is 86.8 Å². The van der Waals surface area contributed by atoms with E-state index in [1.54, 1.807) is 6.07 Å². The number of anilines is 1. The molecule has 0 aromatic heterocycles. The molecule has 1 atom stereocenters. The van der Waals surface area contributed by atoms with Gasteiger partial charge in [0.15, 0.2) is 0 Å². The molecule has 2 aromatic rings. The molecule has 34 heavy (non-hydrogen) atoms. The van der Waals surface area contributed by atoms with Gasteiger partial charge in [-0.05, 0) is 42.8 Å². The van der Waals surface area contributed by atoms with E-state index in [1.807, 2.05) is 0 Å². The van der Waals surface area contributed by atoms with Crippen molar-refractivity contribution in [3.05, 3.63) is 63.6 Å². The van der Waals surface area contributed by atoms with Gasteiger partial charge in [-0.2, -0.15) is 13.2 Å². The van der Waals surface area contributed by atoms with E-state index < -0.39 is 46.2 Å². The van der Waals surface area contributed by atoms with Gasteiger partial charge in [-0.15, -0.1) is 0 Å². The highest BCUT2D eigenvalue weighted by atomic mass is 35.5. The maximum atomic E-state index is 13.2. The number of nitrogens with zero attached hydrogens (tertiary/aromatic N) is 2. The number of rotatable bonds is 8. The van der Waals surface area contributed by atoms with Crippen LogP contribution in [0.25, 0.3) is 0 Å². The van der Waals surface area contributed by atoms with Gasteiger partial charge in [0.05, 0.1) is 27.6 Å². The summed E-state index contributed by atoms with van der Waals surface area (Å²) in [6, 6.07) is 7.15. The summed E-state index contributed by atoms with van der Waals surface area (Å²) in [5.74, 6) is -1.34. The van der Waals surface area contributed by atoms with Crippen molar-refractivity contribution in [2.75, 3.05) is 24.2 Å². The molecule has 0 unspecified atom stereocenters. The van der Waals surface area contributed by atoms with Gasteiger partial charge in [0, 0.05) is 13.6 Å². The highest BCUT2D eigenvalue weighted by molar-refractivity contribution is 7.92. The van der Waals surface area contributed by atoms with E-state index in [2.05, 4.69) is 5.32 Å². The zero-order valence-electron chi connectivity index (χ0n) is 18.4. The predicted octanol–water partition coefficient (Wildman–Crippen LogP) is 3.94. The number of carbonyl (C=O) groups excluding carboxylic acids is 2. The van der Waals surface area contributed by atoms with Crippen LogP contribution in [0.3, 0.4) is 0 Å². The quantitative estimate of drug-likeness (QED) is 0.550. The van der Waals surface area contributed by atoms with Crippen LogP contribution in [0, 0.1) is 0 Å². The number of alkyl halides is 3. The van der Waals surface area contributed by atoms with Crippen molar-refractivity contribution in [1.82, 2.24) is 10.2 Å². The van der Waals surface area contributed by atoms with Crippen molar-refractivity contribution in [2.45, 2.75) is 25.7 Å². The Morgan fingerprint density at radius 3 is 2.26 bits per heavy atom. The highest BCUT2D eigenvalue weighted by Crippen LogP contribution is 2.32. The van der Waals surface area contributed by atoms with E-state index in [9.17, 15) is 31.2 Å². The van der Waals surface area contributed by atoms with E-state index in [4.69, 9.17) is 23.2 Å². The Labute approximate surface area is 205 Å². The molecule has 0 saturated carbocycles. The van der Waals surface area contributed by atoms with E-state index in [1.165, 1.54) is 26.1 Å². The van der Waals surface area contributed by atoms with Crippen molar-refractivity contribution in [1.29, 1.82) is 0 Å². The van der Waals surface area contributed by atoms with E-state index in [0.29, 0.717) is 15.9 Å². The lowest BCUT2D eigenvalue weighted by Crippen LogP contribution is -2.50. The summed E-state index contributed by atoms with van der Waals surface area (Å²) in [5.41, 5.74) is -0.909. The van der Waals surface area contributed by atoms with Gasteiger partial charge in [0.25, 0.3) is 0 Å². The van der Waals surface area contributed by atoms with Crippen molar-refractivity contribution in [3.8, 4) is 0 Å². The average Bonchev–Trinajstić information content (AvgIpc) is 2.75. The molecule has 0 bridgehead atoms. The van der Waals surface area contributed by atoms with E-state index in [0.717, 1.165) is 29.4 Å². The van der Waals surface area contributed by atoms with Crippen molar-refractivity contribution < 1.29 is 31.2 Å². The minimum absolute atomic E-state index is 0.134. The molecule has 0 heterocycles. The van der Waals surface area contributed by atoms with Crippen LogP contribution in [0.1, 0.15) is 18.1 Å². The Kier molecular flexibility index (Phi) is 8.84. The number of hydrogen-bond acceptors (Lipinski definition) is 4. The molecule has 13 heteroatoms. The van der Waals surface area contributed by atoms with Gasteiger partial charge >= 0.3 is 6.18 Å². The third kappa shape index (κ3) is 7.00. The molecule has 186 valence electrons. The fourth-order valence-corrected chi connectivity index (χ4v) is 4.24. The van der Waals surface area contributed by atoms with Crippen LogP contribution in [0.4, 0.5) is 18.9 Å². The fourth-order valence-electron chi connectivity index (χ4n) is 3.08. The van der Waals surface area contributed by atoms with Crippen LogP contribution >= 0.6 is 23.2 Å². The smallest absolute Gasteiger partial charge is 0.357 e. The molecule has 2 amide bonds. The van der Waals surface area contributed by atoms with Gasteiger partial charge in [0.1, 0.15) is 12.6 Å². The Morgan fingerprint density at radius 2 is 1.74 bits per heavy atom. The van der Waals surface area contributed by atoms with Gasteiger partial charge in [-0.3, -0.25) is 13.9 Å². The summed E-state index contributed by atoms with van der Waals surface area (Å²) < 4.78 is 64.8. The lowest BCUT2D eigenvalue weighted by Gasteiger charge is -2.31. The van der Waals surface area contributed by atoms with Crippen molar-refractivity contribution in [3.63, 3.8) is 0 Å². The van der Waals surface area contributed by atoms with Gasteiger partial charge < -0.3 is 10.2 Å². The summed E-state index contributed by atoms with van der Waals surface area (Å²) in [7, 11) is -2.80. The molecule has 0 spiro atoms. The van der Waals surface area contributed by atoms with Gasteiger partial charge in [0.2, 0.25) is 21.8 Å². The molecule has 2 aromatic carbocycles.